The number of fused-ring (bicyclic) bond motifs is 20. The van der Waals surface area contributed by atoms with E-state index in [0.717, 1.165) is 233 Å². The van der Waals surface area contributed by atoms with Crippen LogP contribution >= 0.6 is 0 Å². The highest BCUT2D eigenvalue weighted by molar-refractivity contribution is 6.21. The number of benzene rings is 12. The van der Waals surface area contributed by atoms with Crippen molar-refractivity contribution >= 4 is 131 Å². The molecule has 8 nitrogen and oxygen atoms in total. The van der Waals surface area contributed by atoms with Crippen molar-refractivity contribution in [2.45, 2.75) is 137 Å². The van der Waals surface area contributed by atoms with E-state index in [-0.39, 0.29) is 0 Å². The summed E-state index contributed by atoms with van der Waals surface area (Å²) in [6.45, 7) is 11.3. The molecule has 2 fully saturated rings. The van der Waals surface area contributed by atoms with Crippen LogP contribution < -0.4 is 18.3 Å². The maximum atomic E-state index is 9.02. The minimum absolute atomic E-state index is 0.435. The highest BCUT2D eigenvalue weighted by atomic mass is 16.3. The van der Waals surface area contributed by atoms with E-state index in [1.54, 1.807) is 12.3 Å². The summed E-state index contributed by atoms with van der Waals surface area (Å²) in [6.07, 6.45) is 17.8. The molecular weight excluding hydrogens is 1430 g/mol. The van der Waals surface area contributed by atoms with E-state index >= 15 is 0 Å². The van der Waals surface area contributed by atoms with Crippen LogP contribution in [0.5, 0.6) is 0 Å². The predicted octanol–water partition coefficient (Wildman–Crippen LogP) is 28.1. The van der Waals surface area contributed by atoms with Crippen LogP contribution in [0.25, 0.3) is 176 Å². The molecule has 2 aliphatic carbocycles. The van der Waals surface area contributed by atoms with E-state index in [1.807, 2.05) is 57.6 Å². The fourth-order valence-corrected chi connectivity index (χ4v) is 18.7. The Kier molecular flexibility index (Phi) is 17.4. The van der Waals surface area contributed by atoms with Crippen LogP contribution in [0.15, 0.2) is 285 Å². The summed E-state index contributed by atoms with van der Waals surface area (Å²) in [7, 11) is 8.11. The summed E-state index contributed by atoms with van der Waals surface area (Å²) >= 11 is 0. The zero-order valence-corrected chi connectivity index (χ0v) is 68.7. The van der Waals surface area contributed by atoms with Crippen molar-refractivity contribution in [3.05, 3.63) is 312 Å². The first-order chi connectivity index (χ1) is 59.5. The first-order valence-electron chi connectivity index (χ1n) is 44.9. The molecule has 22 rings (SSSR count). The normalized spacial score (nSPS) is 15.7. The van der Waals surface area contributed by atoms with Crippen molar-refractivity contribution in [2.24, 2.45) is 28.2 Å². The van der Waals surface area contributed by atoms with E-state index in [1.165, 1.54) is 46.2 Å². The average Bonchev–Trinajstić information content (AvgIpc) is 1.58. The Balaban J connectivity index is 0.000000108. The lowest BCUT2D eigenvalue weighted by Crippen LogP contribution is -2.32. The van der Waals surface area contributed by atoms with E-state index in [4.69, 9.17) is 27.3 Å². The molecule has 8 aromatic heterocycles. The maximum absolute atomic E-state index is 9.02. The van der Waals surface area contributed by atoms with Gasteiger partial charge in [-0.05, 0) is 169 Å². The van der Waals surface area contributed by atoms with E-state index in [2.05, 4.69) is 286 Å². The fourth-order valence-electron chi connectivity index (χ4n) is 18.7. The van der Waals surface area contributed by atoms with Gasteiger partial charge in [-0.2, -0.15) is 0 Å². The lowest BCUT2D eigenvalue weighted by molar-refractivity contribution is -0.661. The topological polar surface area (TPSA) is 68.1 Å². The summed E-state index contributed by atoms with van der Waals surface area (Å²) < 4.78 is 92.5. The third-order valence-corrected chi connectivity index (χ3v) is 25.0. The van der Waals surface area contributed by atoms with E-state index < -0.39 is 30.4 Å². The molecule has 0 amide bonds. The molecule has 0 spiro atoms. The molecule has 578 valence electrons. The molecule has 0 saturated heterocycles. The Morgan fingerprint density at radius 1 is 0.282 bits per heavy atom. The highest BCUT2D eigenvalue weighted by Gasteiger charge is 2.30. The van der Waals surface area contributed by atoms with Crippen LogP contribution in [0.3, 0.4) is 0 Å². The molecule has 117 heavy (non-hydrogen) atoms. The van der Waals surface area contributed by atoms with E-state index in [0.29, 0.717) is 5.56 Å². The third kappa shape index (κ3) is 13.4. The zero-order chi connectivity index (χ0) is 86.2. The van der Waals surface area contributed by atoms with Crippen LogP contribution in [0.1, 0.15) is 163 Å². The number of aromatic nitrogens is 4. The molecule has 1 unspecified atom stereocenters. The summed E-state index contributed by atoms with van der Waals surface area (Å²) in [5, 5.41) is 18.2. The van der Waals surface area contributed by atoms with Gasteiger partial charge in [-0.1, -0.05) is 230 Å². The van der Waals surface area contributed by atoms with Gasteiger partial charge in [0.15, 0.2) is 24.8 Å². The maximum Gasteiger partial charge on any atom is 0.216 e. The second-order valence-corrected chi connectivity index (χ2v) is 32.9. The summed E-state index contributed by atoms with van der Waals surface area (Å²) in [6, 6.07) is 84.4. The second kappa shape index (κ2) is 30.6. The Hall–Kier alpha value is -12.5. The summed E-state index contributed by atoms with van der Waals surface area (Å²) in [4.78, 5) is 0. The Bertz CT molecular complexity index is 7700. The highest BCUT2D eigenvalue weighted by Crippen LogP contribution is 2.46. The van der Waals surface area contributed by atoms with Gasteiger partial charge in [-0.15, -0.1) is 0 Å². The van der Waals surface area contributed by atoms with Crippen molar-refractivity contribution in [2.75, 3.05) is 0 Å². The molecule has 2 aliphatic rings. The molecule has 0 N–H and O–H groups in total. The van der Waals surface area contributed by atoms with Gasteiger partial charge in [0.1, 0.15) is 72.9 Å². The van der Waals surface area contributed by atoms with Crippen LogP contribution in [0.2, 0.25) is 0 Å². The standard InChI is InChI=1S/C29H28NO.C28H26NO.2C26H24NO/c1-19-12-15-25-24-16-13-21-10-6-7-11-23(21)28(24)31-29(25)27(19)26-17-14-22(18-30(26)2)20-8-4-3-5-9-20;1-18-11-14-24-23-15-12-20-9-5-6-10-22(20)27(23)30-28(24)26(18)25-16-13-21(17-29(25)2)19-7-3-4-8-19;2*1-16(2)19-11-14-23(27(4)15-19)24-17(3)9-12-22-21-13-10-18-7-5-6-8-20(18)25(21)28-26(22)24/h6-7,10-18,20H,3-5,8-9H2,1-2H3;5-6,9-17,19H,3-4,7-8H2,1-2H3;2*5-16H,1-4H3/q4*+1/i20D;19D;1D3,16D;16D. The minimum Gasteiger partial charge on any atom is -0.454 e. The smallest absolute Gasteiger partial charge is 0.216 e. The molecule has 0 bridgehead atoms. The predicted molar refractivity (Wildman–Crippen MR) is 486 cm³/mol. The molecule has 0 aliphatic heterocycles. The number of furan rings is 4. The quantitative estimate of drug-likeness (QED) is 0.142. The molecular formula is C109H102N4O4+4. The van der Waals surface area contributed by atoms with E-state index in [9.17, 15) is 0 Å². The van der Waals surface area contributed by atoms with Crippen LogP contribution in [0.4, 0.5) is 0 Å². The number of nitrogens with zero attached hydrogens (tertiary/aromatic N) is 4. The number of aryl methyl sites for hydroxylation is 8. The van der Waals surface area contributed by atoms with Crippen molar-refractivity contribution in [3.8, 4) is 45.0 Å². The van der Waals surface area contributed by atoms with Gasteiger partial charge in [-0.25, -0.2) is 18.3 Å². The Labute approximate surface area is 694 Å². The van der Waals surface area contributed by atoms with Gasteiger partial charge in [-0.3, -0.25) is 0 Å². The molecule has 2 saturated carbocycles. The van der Waals surface area contributed by atoms with Gasteiger partial charge in [0, 0.05) is 121 Å². The third-order valence-electron chi connectivity index (χ3n) is 25.0. The lowest BCUT2D eigenvalue weighted by atomic mass is 9.84. The SMILES string of the molecule is [2H]C(C)(C)c1ccc(-c2c(C)ccc3c2oc2c4ccccc4ccc32)[n+](C)c1.[2H]C([2H])([2H])C([2H])(C)c1ccc(-c2c(C)ccc3c2oc2c4ccccc4ccc32)[n+](C)c1.[2H]C1(c2ccc(-c3c(C)ccc4c3oc3c5ccccc5ccc43)[n+](C)c2)CCCC1.[2H]C1(c2ccc(-c3c(C)ccc4c3oc3c5ccccc5ccc43)[n+](C)c2)CCCCC1. The molecule has 20 aromatic rings. The zero-order valence-electron chi connectivity index (χ0n) is 75.7. The number of pyridine rings is 4. The van der Waals surface area contributed by atoms with Gasteiger partial charge in [0.2, 0.25) is 22.8 Å². The molecule has 0 radical (unpaired) electrons. The van der Waals surface area contributed by atoms with Crippen molar-refractivity contribution < 1.29 is 45.5 Å². The first kappa shape index (κ1) is 66.7. The first-order valence-corrected chi connectivity index (χ1v) is 41.4. The molecule has 8 heteroatoms. The number of hydrogen-bond donors (Lipinski definition) is 0. The van der Waals surface area contributed by atoms with Gasteiger partial charge < -0.3 is 17.7 Å². The average molecular weight is 1540 g/mol. The van der Waals surface area contributed by atoms with Crippen LogP contribution in [-0.2, 0) is 28.2 Å². The van der Waals surface area contributed by atoms with Crippen molar-refractivity contribution in [1.82, 2.24) is 0 Å². The summed E-state index contributed by atoms with van der Waals surface area (Å²) in [5.74, 6) is -3.21. The second-order valence-electron chi connectivity index (χ2n) is 32.9. The van der Waals surface area contributed by atoms with Crippen molar-refractivity contribution in [3.63, 3.8) is 0 Å². The number of hydrogen-bond acceptors (Lipinski definition) is 4. The van der Waals surface area contributed by atoms with Crippen molar-refractivity contribution in [1.29, 1.82) is 0 Å². The van der Waals surface area contributed by atoms with Crippen LogP contribution in [-0.4, -0.2) is 0 Å². The van der Waals surface area contributed by atoms with Gasteiger partial charge in [0.05, 0.1) is 22.3 Å². The molecule has 1 atom stereocenters. The Morgan fingerprint density at radius 3 is 0.821 bits per heavy atom. The Morgan fingerprint density at radius 2 is 0.538 bits per heavy atom. The molecule has 12 aromatic carbocycles. The van der Waals surface area contributed by atoms with Gasteiger partial charge >= 0.3 is 0 Å². The number of rotatable bonds is 8. The largest absolute Gasteiger partial charge is 0.454 e. The van der Waals surface area contributed by atoms with Crippen LogP contribution in [0, 0.1) is 27.7 Å². The fraction of sp³-hybridized carbons (Fsp3) is 0.229. The monoisotopic (exact) mass is 1540 g/mol. The molecule has 8 heterocycles. The summed E-state index contributed by atoms with van der Waals surface area (Å²) in [5.41, 5.74) is 24.2. The minimum atomic E-state index is -2.42. The van der Waals surface area contributed by atoms with Gasteiger partial charge in [0.25, 0.3) is 0 Å². The lowest BCUT2D eigenvalue weighted by Gasteiger charge is -2.21.